The first kappa shape index (κ1) is 17.4. The molecule has 0 saturated carbocycles. The van der Waals surface area contributed by atoms with Crippen LogP contribution in [0.25, 0.3) is 22.4 Å². The van der Waals surface area contributed by atoms with Crippen LogP contribution in [-0.4, -0.2) is 21.0 Å². The highest BCUT2D eigenvalue weighted by Gasteiger charge is 2.18. The molecule has 3 aromatic rings. The van der Waals surface area contributed by atoms with Crippen LogP contribution in [0.3, 0.4) is 0 Å². The number of carboxylic acids is 1. The molecule has 2 aromatic heterocycles. The van der Waals surface area contributed by atoms with E-state index in [1.165, 1.54) is 6.07 Å². The number of benzene rings is 1. The first-order chi connectivity index (χ1) is 13.0. The Bertz CT molecular complexity index is 1200. The van der Waals surface area contributed by atoms with Crippen molar-refractivity contribution in [3.05, 3.63) is 69.6 Å². The number of nitriles is 2. The molecule has 0 fully saturated rings. The minimum atomic E-state index is -1.13. The maximum atomic E-state index is 12.0. The van der Waals surface area contributed by atoms with Crippen LogP contribution in [0.15, 0.2) is 47.3 Å². The van der Waals surface area contributed by atoms with Crippen LogP contribution >= 0.6 is 0 Å². The van der Waals surface area contributed by atoms with E-state index in [-0.39, 0.29) is 28.2 Å². The summed E-state index contributed by atoms with van der Waals surface area (Å²) in [7, 11) is 0. The highest BCUT2D eigenvalue weighted by Crippen LogP contribution is 2.29. The topological polar surface area (TPSA) is 157 Å². The molecular formula is C19H11N5O3. The van der Waals surface area contributed by atoms with Crippen molar-refractivity contribution in [3.8, 4) is 34.5 Å². The Balaban J connectivity index is 2.14. The van der Waals surface area contributed by atoms with Gasteiger partial charge in [-0.15, -0.1) is 0 Å². The van der Waals surface area contributed by atoms with Gasteiger partial charge >= 0.3 is 5.97 Å². The van der Waals surface area contributed by atoms with Gasteiger partial charge in [0.2, 0.25) is 0 Å². The first-order valence-electron chi connectivity index (χ1n) is 7.63. The number of aromatic carboxylic acids is 1. The molecule has 0 spiro atoms. The minimum Gasteiger partial charge on any atom is -0.477 e. The highest BCUT2D eigenvalue weighted by atomic mass is 16.4. The molecule has 0 radical (unpaired) electrons. The zero-order valence-electron chi connectivity index (χ0n) is 13.7. The number of pyridine rings is 2. The Morgan fingerprint density at radius 1 is 1.04 bits per heavy atom. The van der Waals surface area contributed by atoms with Crippen LogP contribution < -0.4 is 11.3 Å². The molecule has 130 valence electrons. The Labute approximate surface area is 152 Å². The van der Waals surface area contributed by atoms with Gasteiger partial charge < -0.3 is 15.8 Å². The molecule has 2 heterocycles. The smallest absolute Gasteiger partial charge is 0.354 e. The predicted octanol–water partition coefficient (Wildman–Crippen LogP) is 2.13. The predicted molar refractivity (Wildman–Crippen MR) is 96.5 cm³/mol. The number of nitrogens with two attached hydrogens (primary N) is 1. The molecule has 1 aromatic carbocycles. The van der Waals surface area contributed by atoms with Crippen LogP contribution in [-0.2, 0) is 0 Å². The molecule has 0 aliphatic rings. The second kappa shape index (κ2) is 6.82. The molecular weight excluding hydrogens is 346 g/mol. The molecule has 3 rings (SSSR count). The number of aromatic nitrogens is 2. The molecule has 4 N–H and O–H groups in total. The molecule has 27 heavy (non-hydrogen) atoms. The van der Waals surface area contributed by atoms with E-state index in [9.17, 15) is 20.1 Å². The maximum absolute atomic E-state index is 12.0. The van der Waals surface area contributed by atoms with Gasteiger partial charge in [0.05, 0.1) is 5.69 Å². The van der Waals surface area contributed by atoms with Crippen molar-refractivity contribution in [2.45, 2.75) is 0 Å². The molecule has 0 amide bonds. The largest absolute Gasteiger partial charge is 0.477 e. The van der Waals surface area contributed by atoms with Crippen molar-refractivity contribution in [3.63, 3.8) is 0 Å². The van der Waals surface area contributed by atoms with Gasteiger partial charge in [-0.2, -0.15) is 10.5 Å². The molecule has 0 aliphatic heterocycles. The van der Waals surface area contributed by atoms with Crippen molar-refractivity contribution in [1.29, 1.82) is 10.5 Å². The van der Waals surface area contributed by atoms with E-state index in [0.717, 1.165) is 0 Å². The molecule has 8 nitrogen and oxygen atoms in total. The third kappa shape index (κ3) is 3.11. The number of hydrogen-bond donors (Lipinski definition) is 3. The standard InChI is InChI=1S/C19H11N5O3/c20-8-12-16(13(9-21)18(25)24-17(12)22)11-6-4-10(5-7-11)14-2-1-3-15(23-14)19(26)27/h1-7H,(H,26,27)(H3,22,24,25). The van der Waals surface area contributed by atoms with E-state index in [1.54, 1.807) is 42.5 Å². The van der Waals surface area contributed by atoms with Crippen LogP contribution in [0.2, 0.25) is 0 Å². The summed E-state index contributed by atoms with van der Waals surface area (Å²) in [5, 5.41) is 27.7. The van der Waals surface area contributed by atoms with Gasteiger partial charge in [0.1, 0.15) is 34.8 Å². The summed E-state index contributed by atoms with van der Waals surface area (Å²) in [6.07, 6.45) is 0. The van der Waals surface area contributed by atoms with Gasteiger partial charge in [-0.1, -0.05) is 30.3 Å². The monoisotopic (exact) mass is 357 g/mol. The lowest BCUT2D eigenvalue weighted by atomic mass is 9.95. The van der Waals surface area contributed by atoms with Crippen molar-refractivity contribution in [2.24, 2.45) is 0 Å². The number of anilines is 1. The molecule has 0 aliphatic carbocycles. The van der Waals surface area contributed by atoms with E-state index in [0.29, 0.717) is 16.8 Å². The number of nitrogen functional groups attached to an aromatic ring is 1. The lowest BCUT2D eigenvalue weighted by Gasteiger charge is -2.09. The number of carbonyl (C=O) groups is 1. The normalized spacial score (nSPS) is 10.0. The van der Waals surface area contributed by atoms with Crippen molar-refractivity contribution in [1.82, 2.24) is 9.97 Å². The number of nitrogens with one attached hydrogen (secondary N) is 1. The Hall–Kier alpha value is -4.43. The van der Waals surface area contributed by atoms with Crippen molar-refractivity contribution in [2.75, 3.05) is 5.73 Å². The van der Waals surface area contributed by atoms with E-state index in [2.05, 4.69) is 9.97 Å². The maximum Gasteiger partial charge on any atom is 0.354 e. The quantitative estimate of drug-likeness (QED) is 0.648. The fourth-order valence-electron chi connectivity index (χ4n) is 2.65. The number of nitrogens with zero attached hydrogens (tertiary/aromatic N) is 3. The minimum absolute atomic E-state index is 0.00454. The Kier molecular flexibility index (Phi) is 4.40. The zero-order valence-corrected chi connectivity index (χ0v) is 13.7. The summed E-state index contributed by atoms with van der Waals surface area (Å²) in [5.41, 5.74) is 6.44. The number of carboxylic acid groups (broad SMARTS) is 1. The second-order valence-corrected chi connectivity index (χ2v) is 5.51. The van der Waals surface area contributed by atoms with E-state index >= 15 is 0 Å². The Morgan fingerprint density at radius 2 is 1.67 bits per heavy atom. The molecule has 8 heteroatoms. The molecule has 0 saturated heterocycles. The van der Waals surface area contributed by atoms with Crippen molar-refractivity contribution >= 4 is 11.8 Å². The second-order valence-electron chi connectivity index (χ2n) is 5.51. The fraction of sp³-hybridized carbons (Fsp3) is 0. The first-order valence-corrected chi connectivity index (χ1v) is 7.63. The highest BCUT2D eigenvalue weighted by molar-refractivity contribution is 5.86. The summed E-state index contributed by atoms with van der Waals surface area (Å²) in [4.78, 5) is 29.4. The average Bonchev–Trinajstić information content (AvgIpc) is 2.67. The molecule has 0 unspecified atom stereocenters. The number of aromatic amines is 1. The molecule has 0 bridgehead atoms. The number of hydrogen-bond acceptors (Lipinski definition) is 6. The number of rotatable bonds is 3. The van der Waals surface area contributed by atoms with Gasteiger partial charge in [-0.25, -0.2) is 9.78 Å². The third-order valence-corrected chi connectivity index (χ3v) is 3.91. The van der Waals surface area contributed by atoms with Crippen LogP contribution in [0.1, 0.15) is 21.6 Å². The van der Waals surface area contributed by atoms with Gasteiger partial charge in [-0.3, -0.25) is 4.79 Å². The summed E-state index contributed by atoms with van der Waals surface area (Å²) in [6, 6.07) is 14.9. The van der Waals surface area contributed by atoms with Crippen LogP contribution in [0.5, 0.6) is 0 Å². The van der Waals surface area contributed by atoms with Gasteiger partial charge in [-0.05, 0) is 17.7 Å². The lowest BCUT2D eigenvalue weighted by molar-refractivity contribution is 0.0690. The summed E-state index contributed by atoms with van der Waals surface area (Å²) in [6.45, 7) is 0. The Morgan fingerprint density at radius 3 is 2.26 bits per heavy atom. The fourth-order valence-corrected chi connectivity index (χ4v) is 2.65. The third-order valence-electron chi connectivity index (χ3n) is 3.91. The average molecular weight is 357 g/mol. The summed E-state index contributed by atoms with van der Waals surface area (Å²) in [5.74, 6) is -1.25. The number of H-pyrrole nitrogens is 1. The van der Waals surface area contributed by atoms with Crippen LogP contribution in [0, 0.1) is 22.7 Å². The van der Waals surface area contributed by atoms with E-state index < -0.39 is 11.5 Å². The van der Waals surface area contributed by atoms with Crippen LogP contribution in [0.4, 0.5) is 5.82 Å². The lowest BCUT2D eigenvalue weighted by Crippen LogP contribution is -2.16. The summed E-state index contributed by atoms with van der Waals surface area (Å²) < 4.78 is 0. The van der Waals surface area contributed by atoms with Gasteiger partial charge in [0.15, 0.2) is 0 Å². The molecule has 0 atom stereocenters. The zero-order chi connectivity index (χ0) is 19.6. The van der Waals surface area contributed by atoms with Gasteiger partial charge in [0, 0.05) is 11.1 Å². The van der Waals surface area contributed by atoms with E-state index in [4.69, 9.17) is 10.8 Å². The van der Waals surface area contributed by atoms with Gasteiger partial charge in [0.25, 0.3) is 5.56 Å². The SMILES string of the molecule is N#Cc1c(N)[nH]c(=O)c(C#N)c1-c1ccc(-c2cccc(C(=O)O)n2)cc1. The summed E-state index contributed by atoms with van der Waals surface area (Å²) >= 11 is 0. The van der Waals surface area contributed by atoms with Crippen molar-refractivity contribution < 1.29 is 9.90 Å². The van der Waals surface area contributed by atoms with E-state index in [1.807, 2.05) is 6.07 Å².